The van der Waals surface area contributed by atoms with Gasteiger partial charge in [-0.3, -0.25) is 0 Å². The molecule has 1 fully saturated rings. The van der Waals surface area contributed by atoms with Gasteiger partial charge in [-0.25, -0.2) is 0 Å². The van der Waals surface area contributed by atoms with Crippen LogP contribution in [0, 0.1) is 18.3 Å². The second-order valence-corrected chi connectivity index (χ2v) is 6.41. The van der Waals surface area contributed by atoms with Crippen molar-refractivity contribution in [2.45, 2.75) is 65.3 Å². The summed E-state index contributed by atoms with van der Waals surface area (Å²) in [6.07, 6.45) is 5.45. The Hall–Kier alpha value is -0.900. The van der Waals surface area contributed by atoms with E-state index in [1.165, 1.54) is 6.42 Å². The van der Waals surface area contributed by atoms with Crippen LogP contribution in [0.1, 0.15) is 64.6 Å². The van der Waals surface area contributed by atoms with Gasteiger partial charge >= 0.3 is 0 Å². The lowest BCUT2D eigenvalue weighted by molar-refractivity contribution is 0.110. The number of nitrogens with zero attached hydrogens (tertiary/aromatic N) is 2. The van der Waals surface area contributed by atoms with Crippen molar-refractivity contribution < 1.29 is 4.52 Å². The minimum Gasteiger partial charge on any atom is -0.340 e. The molecule has 1 heterocycles. The van der Waals surface area contributed by atoms with Crippen LogP contribution in [0.2, 0.25) is 0 Å². The topological polar surface area (TPSA) is 64.9 Å². The summed E-state index contributed by atoms with van der Waals surface area (Å²) in [6.45, 7) is 8.80. The zero-order valence-electron chi connectivity index (χ0n) is 12.0. The Morgan fingerprint density at radius 3 is 2.44 bits per heavy atom. The Morgan fingerprint density at radius 1 is 1.39 bits per heavy atom. The number of nitrogens with two attached hydrogens (primary N) is 1. The average Bonchev–Trinajstić information content (AvgIpc) is 2.77. The Morgan fingerprint density at radius 2 is 2.00 bits per heavy atom. The lowest BCUT2D eigenvalue weighted by Gasteiger charge is -2.41. The van der Waals surface area contributed by atoms with Crippen LogP contribution in [0.3, 0.4) is 0 Å². The fourth-order valence-electron chi connectivity index (χ4n) is 2.93. The lowest BCUT2D eigenvalue weighted by atomic mass is 9.65. The van der Waals surface area contributed by atoms with E-state index in [0.717, 1.165) is 31.6 Å². The first kappa shape index (κ1) is 13.5. The summed E-state index contributed by atoms with van der Waals surface area (Å²) in [6, 6.07) is 0. The van der Waals surface area contributed by atoms with Crippen molar-refractivity contribution in [3.63, 3.8) is 0 Å². The summed E-state index contributed by atoms with van der Waals surface area (Å²) < 4.78 is 5.06. The lowest BCUT2D eigenvalue weighted by Crippen LogP contribution is -2.43. The molecule has 1 aliphatic rings. The van der Waals surface area contributed by atoms with Crippen molar-refractivity contribution in [3.8, 4) is 0 Å². The van der Waals surface area contributed by atoms with Crippen molar-refractivity contribution >= 4 is 0 Å². The molecule has 1 saturated carbocycles. The van der Waals surface area contributed by atoms with E-state index in [1.807, 2.05) is 6.92 Å². The first-order valence-corrected chi connectivity index (χ1v) is 6.97. The van der Waals surface area contributed by atoms with Gasteiger partial charge in [-0.1, -0.05) is 32.3 Å². The maximum absolute atomic E-state index is 6.46. The predicted octanol–water partition coefficient (Wildman–Crippen LogP) is 3.16. The Kier molecular flexibility index (Phi) is 3.49. The molecule has 0 atom stereocenters. The van der Waals surface area contributed by atoms with E-state index >= 15 is 0 Å². The highest BCUT2D eigenvalue weighted by Gasteiger charge is 2.40. The third-order valence-corrected chi connectivity index (χ3v) is 4.87. The summed E-state index contributed by atoms with van der Waals surface area (Å²) in [7, 11) is 0. The van der Waals surface area contributed by atoms with Gasteiger partial charge in [-0.05, 0) is 37.0 Å². The van der Waals surface area contributed by atoms with Gasteiger partial charge in [0.2, 0.25) is 5.89 Å². The van der Waals surface area contributed by atoms with Crippen molar-refractivity contribution in [2.75, 3.05) is 0 Å². The first-order chi connectivity index (χ1) is 8.37. The predicted molar refractivity (Wildman–Crippen MR) is 70.9 cm³/mol. The smallest absolute Gasteiger partial charge is 0.223 e. The maximum Gasteiger partial charge on any atom is 0.223 e. The third kappa shape index (κ3) is 2.44. The molecule has 4 heteroatoms. The van der Waals surface area contributed by atoms with E-state index in [2.05, 4.69) is 30.9 Å². The minimum atomic E-state index is -0.377. The van der Waals surface area contributed by atoms with E-state index in [4.69, 9.17) is 10.3 Å². The van der Waals surface area contributed by atoms with E-state index < -0.39 is 0 Å². The molecule has 0 radical (unpaired) electrons. The van der Waals surface area contributed by atoms with Gasteiger partial charge in [0.05, 0.1) is 5.54 Å². The Bertz CT molecular complexity index is 403. The molecule has 102 valence electrons. The number of aromatic nitrogens is 2. The molecule has 2 rings (SSSR count). The van der Waals surface area contributed by atoms with Gasteiger partial charge in [0.1, 0.15) is 0 Å². The van der Waals surface area contributed by atoms with Gasteiger partial charge < -0.3 is 10.3 Å². The molecule has 0 aliphatic heterocycles. The molecule has 1 aromatic rings. The van der Waals surface area contributed by atoms with Crippen LogP contribution < -0.4 is 5.73 Å². The quantitative estimate of drug-likeness (QED) is 0.896. The zero-order valence-corrected chi connectivity index (χ0v) is 12.0. The highest BCUT2D eigenvalue weighted by molar-refractivity contribution is 5.06. The summed E-state index contributed by atoms with van der Waals surface area (Å²) in [5.41, 5.74) is 6.49. The van der Waals surface area contributed by atoms with Gasteiger partial charge in [-0.15, -0.1) is 0 Å². The second-order valence-electron chi connectivity index (χ2n) is 6.41. The molecule has 0 unspecified atom stereocenters. The zero-order chi connectivity index (χ0) is 13.4. The summed E-state index contributed by atoms with van der Waals surface area (Å²) in [5, 5.41) is 4.01. The molecular formula is C14H25N3O. The third-order valence-electron chi connectivity index (χ3n) is 4.87. The van der Waals surface area contributed by atoms with E-state index in [-0.39, 0.29) is 5.54 Å². The van der Waals surface area contributed by atoms with Crippen LogP contribution in [-0.4, -0.2) is 10.1 Å². The Labute approximate surface area is 109 Å². The molecule has 1 aliphatic carbocycles. The van der Waals surface area contributed by atoms with Gasteiger partial charge in [0.25, 0.3) is 0 Å². The summed E-state index contributed by atoms with van der Waals surface area (Å²) >= 11 is 0. The molecule has 18 heavy (non-hydrogen) atoms. The van der Waals surface area contributed by atoms with Crippen LogP contribution >= 0.6 is 0 Å². The molecule has 4 nitrogen and oxygen atoms in total. The molecular weight excluding hydrogens is 226 g/mol. The largest absolute Gasteiger partial charge is 0.340 e. The minimum absolute atomic E-state index is 0.377. The average molecular weight is 251 g/mol. The van der Waals surface area contributed by atoms with Gasteiger partial charge in [-0.2, -0.15) is 4.98 Å². The van der Waals surface area contributed by atoms with Crippen molar-refractivity contribution in [1.29, 1.82) is 0 Å². The number of rotatable bonds is 3. The molecule has 0 amide bonds. The highest BCUT2D eigenvalue weighted by atomic mass is 16.5. The highest BCUT2D eigenvalue weighted by Crippen LogP contribution is 2.45. The van der Waals surface area contributed by atoms with Crippen LogP contribution in [0.4, 0.5) is 0 Å². The van der Waals surface area contributed by atoms with Crippen LogP contribution in [0.5, 0.6) is 0 Å². The van der Waals surface area contributed by atoms with E-state index in [9.17, 15) is 0 Å². The van der Waals surface area contributed by atoms with Crippen molar-refractivity contribution in [3.05, 3.63) is 11.7 Å². The summed E-state index contributed by atoms with van der Waals surface area (Å²) in [4.78, 5) is 4.31. The van der Waals surface area contributed by atoms with Crippen molar-refractivity contribution in [1.82, 2.24) is 10.1 Å². The Balaban J connectivity index is 2.06. The molecule has 1 aromatic heterocycles. The molecule has 0 bridgehead atoms. The fourth-order valence-corrected chi connectivity index (χ4v) is 2.93. The van der Waals surface area contributed by atoms with Crippen LogP contribution in [0.15, 0.2) is 4.52 Å². The number of hydrogen-bond acceptors (Lipinski definition) is 4. The fraction of sp³-hybridized carbons (Fsp3) is 0.857. The van der Waals surface area contributed by atoms with E-state index in [1.54, 1.807) is 0 Å². The molecule has 0 aromatic carbocycles. The van der Waals surface area contributed by atoms with Crippen LogP contribution in [0.25, 0.3) is 0 Å². The van der Waals surface area contributed by atoms with E-state index in [0.29, 0.717) is 17.1 Å². The first-order valence-electron chi connectivity index (χ1n) is 6.97. The standard InChI is InChI=1S/C14H25N3O/c1-5-13(3,4)11-6-8-14(15,9-7-11)12-16-10(2)18-17-12/h11H,5-9,15H2,1-4H3. The van der Waals surface area contributed by atoms with Crippen molar-refractivity contribution in [2.24, 2.45) is 17.1 Å². The molecule has 0 saturated heterocycles. The molecule has 2 N–H and O–H groups in total. The van der Waals surface area contributed by atoms with Gasteiger partial charge in [0.15, 0.2) is 5.82 Å². The summed E-state index contributed by atoms with van der Waals surface area (Å²) in [5.74, 6) is 2.05. The number of hydrogen-bond donors (Lipinski definition) is 1. The normalized spacial score (nSPS) is 29.5. The van der Waals surface area contributed by atoms with Crippen LogP contribution in [-0.2, 0) is 5.54 Å². The maximum atomic E-state index is 6.46. The molecule has 0 spiro atoms. The van der Waals surface area contributed by atoms with Gasteiger partial charge in [0, 0.05) is 6.92 Å². The number of aryl methyl sites for hydroxylation is 1. The SMILES string of the molecule is CCC(C)(C)C1CCC(N)(c2noc(C)n2)CC1. The monoisotopic (exact) mass is 251 g/mol. The second kappa shape index (κ2) is 4.65.